The van der Waals surface area contributed by atoms with Gasteiger partial charge >= 0.3 is 6.09 Å². The average molecular weight is 297 g/mol. The second-order valence-corrected chi connectivity index (χ2v) is 4.97. The van der Waals surface area contributed by atoms with Crippen LogP contribution in [-0.4, -0.2) is 18.4 Å². The lowest BCUT2D eigenvalue weighted by molar-refractivity contribution is -0.109. The van der Waals surface area contributed by atoms with Gasteiger partial charge in [-0.15, -0.1) is 0 Å². The molecule has 0 aromatic heterocycles. The summed E-state index contributed by atoms with van der Waals surface area (Å²) in [5.41, 5.74) is 2.04. The molecule has 0 aliphatic carbocycles. The summed E-state index contributed by atoms with van der Waals surface area (Å²) in [7, 11) is 0. The molecule has 4 heteroatoms. The molecule has 4 nitrogen and oxygen atoms in total. The number of ether oxygens (including phenoxy) is 1. The van der Waals surface area contributed by atoms with E-state index in [9.17, 15) is 9.59 Å². The Kier molecular flexibility index (Phi) is 6.18. The third-order valence-electron chi connectivity index (χ3n) is 3.27. The fourth-order valence-electron chi connectivity index (χ4n) is 2.06. The van der Waals surface area contributed by atoms with Crippen LogP contribution in [-0.2, 0) is 22.6 Å². The molecule has 0 saturated heterocycles. The van der Waals surface area contributed by atoms with Gasteiger partial charge in [0.2, 0.25) is 0 Å². The standard InChI is InChI=1S/C18H19NO3/c20-13-17(12-11-15-7-3-1-4-8-15)19-18(21)22-14-16-9-5-2-6-10-16/h1-10,13,17H,11-12,14H2,(H,19,21). The second-order valence-electron chi connectivity index (χ2n) is 4.97. The molecule has 2 aromatic rings. The van der Waals surface area contributed by atoms with Crippen molar-refractivity contribution in [2.75, 3.05) is 0 Å². The van der Waals surface area contributed by atoms with E-state index in [4.69, 9.17) is 4.74 Å². The van der Waals surface area contributed by atoms with Crippen LogP contribution in [0, 0.1) is 0 Å². The minimum Gasteiger partial charge on any atom is -0.445 e. The third-order valence-corrected chi connectivity index (χ3v) is 3.27. The first-order valence-electron chi connectivity index (χ1n) is 7.24. The fraction of sp³-hybridized carbons (Fsp3) is 0.222. The van der Waals surface area contributed by atoms with E-state index in [1.807, 2.05) is 60.7 Å². The van der Waals surface area contributed by atoms with Crippen LogP contribution in [0.25, 0.3) is 0 Å². The summed E-state index contributed by atoms with van der Waals surface area (Å²) >= 11 is 0. The molecule has 22 heavy (non-hydrogen) atoms. The average Bonchev–Trinajstić information content (AvgIpc) is 2.58. The number of aldehydes is 1. The van der Waals surface area contributed by atoms with Crippen molar-refractivity contribution in [1.82, 2.24) is 5.32 Å². The number of hydrogen-bond donors (Lipinski definition) is 1. The summed E-state index contributed by atoms with van der Waals surface area (Å²) in [6.45, 7) is 0.191. The van der Waals surface area contributed by atoms with Crippen molar-refractivity contribution in [2.24, 2.45) is 0 Å². The van der Waals surface area contributed by atoms with Gasteiger partial charge in [-0.2, -0.15) is 0 Å². The number of carbonyl (C=O) groups is 2. The van der Waals surface area contributed by atoms with Crippen molar-refractivity contribution in [3.63, 3.8) is 0 Å². The van der Waals surface area contributed by atoms with E-state index in [1.165, 1.54) is 0 Å². The first-order chi connectivity index (χ1) is 10.8. The van der Waals surface area contributed by atoms with E-state index in [-0.39, 0.29) is 6.61 Å². The number of nitrogens with one attached hydrogen (secondary N) is 1. The van der Waals surface area contributed by atoms with E-state index in [2.05, 4.69) is 5.32 Å². The predicted molar refractivity (Wildman–Crippen MR) is 84.4 cm³/mol. The molecule has 0 heterocycles. The lowest BCUT2D eigenvalue weighted by Crippen LogP contribution is -2.36. The molecule has 2 rings (SSSR count). The second kappa shape index (κ2) is 8.62. The molecular weight excluding hydrogens is 278 g/mol. The van der Waals surface area contributed by atoms with Crippen LogP contribution in [0.4, 0.5) is 4.79 Å². The Bertz CT molecular complexity index is 584. The quantitative estimate of drug-likeness (QED) is 0.799. The van der Waals surface area contributed by atoms with Crippen LogP contribution >= 0.6 is 0 Å². The van der Waals surface area contributed by atoms with Gasteiger partial charge in [-0.3, -0.25) is 0 Å². The van der Waals surface area contributed by atoms with Crippen LogP contribution in [0.5, 0.6) is 0 Å². The Morgan fingerprint density at radius 3 is 2.18 bits per heavy atom. The van der Waals surface area contributed by atoms with Gasteiger partial charge in [0, 0.05) is 0 Å². The predicted octanol–water partition coefficient (Wildman–Crippen LogP) is 3.11. The molecule has 1 amide bonds. The maximum Gasteiger partial charge on any atom is 0.408 e. The Morgan fingerprint density at radius 2 is 1.59 bits per heavy atom. The maximum atomic E-state index is 11.7. The van der Waals surface area contributed by atoms with Crippen molar-refractivity contribution < 1.29 is 14.3 Å². The Balaban J connectivity index is 1.74. The van der Waals surface area contributed by atoms with Gasteiger partial charge < -0.3 is 14.8 Å². The van der Waals surface area contributed by atoms with Crippen LogP contribution in [0.3, 0.4) is 0 Å². The van der Waals surface area contributed by atoms with Gasteiger partial charge in [0.25, 0.3) is 0 Å². The van der Waals surface area contributed by atoms with Crippen molar-refractivity contribution >= 4 is 12.4 Å². The Labute approximate surface area is 130 Å². The highest BCUT2D eigenvalue weighted by Gasteiger charge is 2.12. The molecule has 0 radical (unpaired) electrons. The van der Waals surface area contributed by atoms with Gasteiger partial charge in [0.1, 0.15) is 12.9 Å². The summed E-state index contributed by atoms with van der Waals surface area (Å²) in [6.07, 6.45) is 1.44. The highest BCUT2D eigenvalue weighted by Crippen LogP contribution is 2.05. The van der Waals surface area contributed by atoms with E-state index < -0.39 is 12.1 Å². The molecule has 1 unspecified atom stereocenters. The number of benzene rings is 2. The number of amides is 1. The number of rotatable bonds is 7. The molecule has 0 spiro atoms. The summed E-state index contributed by atoms with van der Waals surface area (Å²) in [6, 6.07) is 18.7. The van der Waals surface area contributed by atoms with E-state index in [0.717, 1.165) is 23.8 Å². The summed E-state index contributed by atoms with van der Waals surface area (Å²) in [5, 5.41) is 2.58. The van der Waals surface area contributed by atoms with Gasteiger partial charge in [0.15, 0.2) is 0 Å². The topological polar surface area (TPSA) is 55.4 Å². The van der Waals surface area contributed by atoms with Gasteiger partial charge in [-0.1, -0.05) is 60.7 Å². The fourth-order valence-corrected chi connectivity index (χ4v) is 2.06. The monoisotopic (exact) mass is 297 g/mol. The van der Waals surface area contributed by atoms with Gasteiger partial charge in [-0.05, 0) is 24.0 Å². The Morgan fingerprint density at radius 1 is 1.00 bits per heavy atom. The SMILES string of the molecule is O=CC(CCc1ccccc1)NC(=O)OCc1ccccc1. The minimum absolute atomic E-state index is 0.191. The summed E-state index contributed by atoms with van der Waals surface area (Å²) in [5.74, 6) is 0. The van der Waals surface area contributed by atoms with Crippen LogP contribution in [0.1, 0.15) is 17.5 Å². The van der Waals surface area contributed by atoms with Gasteiger partial charge in [0.05, 0.1) is 6.04 Å². The van der Waals surface area contributed by atoms with Crippen molar-refractivity contribution in [2.45, 2.75) is 25.5 Å². The molecule has 0 aliphatic heterocycles. The van der Waals surface area contributed by atoms with Crippen LogP contribution < -0.4 is 5.32 Å². The number of hydrogen-bond acceptors (Lipinski definition) is 3. The number of aryl methyl sites for hydroxylation is 1. The van der Waals surface area contributed by atoms with E-state index in [0.29, 0.717) is 6.42 Å². The van der Waals surface area contributed by atoms with Crippen molar-refractivity contribution in [3.05, 3.63) is 71.8 Å². The number of carbonyl (C=O) groups excluding carboxylic acids is 2. The molecule has 0 fully saturated rings. The zero-order valence-corrected chi connectivity index (χ0v) is 12.3. The Hall–Kier alpha value is -2.62. The largest absolute Gasteiger partial charge is 0.445 e. The van der Waals surface area contributed by atoms with Gasteiger partial charge in [-0.25, -0.2) is 4.79 Å². The normalized spacial score (nSPS) is 11.5. The zero-order valence-electron chi connectivity index (χ0n) is 12.3. The summed E-state index contributed by atoms with van der Waals surface area (Å²) < 4.78 is 5.10. The third kappa shape index (κ3) is 5.40. The molecule has 2 aromatic carbocycles. The molecular formula is C18H19NO3. The number of alkyl carbamates (subject to hydrolysis) is 1. The van der Waals surface area contributed by atoms with Crippen LogP contribution in [0.2, 0.25) is 0 Å². The molecule has 1 atom stereocenters. The van der Waals surface area contributed by atoms with Crippen molar-refractivity contribution in [1.29, 1.82) is 0 Å². The molecule has 1 N–H and O–H groups in total. The van der Waals surface area contributed by atoms with Crippen molar-refractivity contribution in [3.8, 4) is 0 Å². The summed E-state index contributed by atoms with van der Waals surface area (Å²) in [4.78, 5) is 22.8. The molecule has 0 aliphatic rings. The minimum atomic E-state index is -0.575. The molecule has 114 valence electrons. The molecule has 0 saturated carbocycles. The van der Waals surface area contributed by atoms with Crippen LogP contribution in [0.15, 0.2) is 60.7 Å². The molecule has 0 bridgehead atoms. The highest BCUT2D eigenvalue weighted by molar-refractivity contribution is 5.73. The first kappa shape index (κ1) is 15.8. The maximum absolute atomic E-state index is 11.7. The smallest absolute Gasteiger partial charge is 0.408 e. The van der Waals surface area contributed by atoms with E-state index in [1.54, 1.807) is 0 Å². The highest BCUT2D eigenvalue weighted by atomic mass is 16.5. The zero-order chi connectivity index (χ0) is 15.6. The first-order valence-corrected chi connectivity index (χ1v) is 7.24. The lowest BCUT2D eigenvalue weighted by Gasteiger charge is -2.13. The lowest BCUT2D eigenvalue weighted by atomic mass is 10.1. The van der Waals surface area contributed by atoms with E-state index >= 15 is 0 Å².